The Morgan fingerprint density at radius 1 is 0.859 bits per heavy atom. The van der Waals surface area contributed by atoms with Crippen molar-refractivity contribution in [2.45, 2.75) is 70.1 Å². The Morgan fingerprint density at radius 2 is 1.38 bits per heavy atom. The number of thioether (sulfide) groups is 1. The standard InChI is InChI=1S/C40H39N9O14S/c1-21-33-32(22(2)50)37(51)46(33)34(38(52)61-18-23-3-9-26(10-4-23)47(55)56)35(21)64-29-15-30(45(17-29)40(54)63-20-25-7-13-28(14-8-25)49(59)60)36-42-31(43-44-36)16-41-39(53)62-19-24-5-11-27(12-6-24)48(57)58/h3-14,21-22,29-30,32-33,50H,15-20H2,1-2H3,(H,41,53)(H,42,43,44)/t21-,22-,29+,30+,32-,33-/m1/s1. The van der Waals surface area contributed by atoms with E-state index in [2.05, 4.69) is 20.5 Å². The molecule has 2 fully saturated rings. The van der Waals surface area contributed by atoms with Crippen LogP contribution in [0.15, 0.2) is 83.4 Å². The SMILES string of the molecule is C[C@@H](O)[C@H]1C(=O)N2C(C(=O)OCc3ccc([N+](=O)[O-])cc3)=C(S[C@H]3C[C@@H](c4n[nH]c(CNC(=O)OCc5ccc([N+](=O)[O-])cc5)n4)N(C(=O)OCc4ccc([N+](=O)[O-])cc4)C3)[C@H](C)[C@H]12. The topological polar surface area (TPSA) is 306 Å². The number of amides is 3. The molecule has 3 N–H and O–H groups in total. The van der Waals surface area contributed by atoms with Gasteiger partial charge in [0.05, 0.1) is 45.4 Å². The molecule has 0 unspecified atom stereocenters. The van der Waals surface area contributed by atoms with E-state index in [1.165, 1.54) is 101 Å². The first-order valence-electron chi connectivity index (χ1n) is 19.6. The number of esters is 1. The van der Waals surface area contributed by atoms with Gasteiger partial charge in [-0.25, -0.2) is 19.4 Å². The summed E-state index contributed by atoms with van der Waals surface area (Å²) in [7, 11) is 0. The van der Waals surface area contributed by atoms with Gasteiger partial charge in [-0.15, -0.1) is 11.8 Å². The van der Waals surface area contributed by atoms with Gasteiger partial charge in [0, 0.05) is 59.0 Å². The van der Waals surface area contributed by atoms with Crippen LogP contribution >= 0.6 is 11.8 Å². The molecule has 24 heteroatoms. The number of hydrogen-bond donors (Lipinski definition) is 3. The highest BCUT2D eigenvalue weighted by Gasteiger charge is 2.60. The molecule has 0 aliphatic carbocycles. The maximum absolute atomic E-state index is 13.9. The highest BCUT2D eigenvalue weighted by atomic mass is 32.2. The van der Waals surface area contributed by atoms with E-state index in [0.29, 0.717) is 21.6 Å². The van der Waals surface area contributed by atoms with Crippen molar-refractivity contribution < 1.29 is 53.3 Å². The third-order valence-electron chi connectivity index (χ3n) is 10.9. The molecule has 0 bridgehead atoms. The number of carbonyl (C=O) groups is 4. The zero-order chi connectivity index (χ0) is 45.8. The summed E-state index contributed by atoms with van der Waals surface area (Å²) in [6.07, 6.45) is -2.37. The Bertz CT molecular complexity index is 2500. The molecule has 1 aromatic heterocycles. The average molecular weight is 902 g/mol. The summed E-state index contributed by atoms with van der Waals surface area (Å²) in [5, 5.41) is 52.9. The third-order valence-corrected chi connectivity index (χ3v) is 12.4. The quantitative estimate of drug-likeness (QED) is 0.0440. The lowest BCUT2D eigenvalue weighted by Gasteiger charge is -2.46. The summed E-state index contributed by atoms with van der Waals surface area (Å²) >= 11 is 1.26. The number of hydrogen-bond acceptors (Lipinski definition) is 17. The maximum atomic E-state index is 13.9. The van der Waals surface area contributed by atoms with Crippen LogP contribution in [0, 0.1) is 42.2 Å². The van der Waals surface area contributed by atoms with Crippen LogP contribution in [-0.4, -0.2) is 92.9 Å². The zero-order valence-electron chi connectivity index (χ0n) is 33.9. The number of non-ortho nitro benzene ring substituents is 3. The van der Waals surface area contributed by atoms with Crippen molar-refractivity contribution in [3.63, 3.8) is 0 Å². The summed E-state index contributed by atoms with van der Waals surface area (Å²) in [6, 6.07) is 15.0. The van der Waals surface area contributed by atoms with Crippen molar-refractivity contribution in [3.05, 3.63) is 142 Å². The Morgan fingerprint density at radius 3 is 1.89 bits per heavy atom. The van der Waals surface area contributed by atoms with Crippen LogP contribution in [0.4, 0.5) is 26.7 Å². The van der Waals surface area contributed by atoms with E-state index in [1.54, 1.807) is 0 Å². The van der Waals surface area contributed by atoms with E-state index < -0.39 is 74.1 Å². The summed E-state index contributed by atoms with van der Waals surface area (Å²) in [5.41, 5.74) is 1.07. The van der Waals surface area contributed by atoms with Gasteiger partial charge >= 0.3 is 18.2 Å². The van der Waals surface area contributed by atoms with E-state index in [4.69, 9.17) is 14.2 Å². The first-order chi connectivity index (χ1) is 30.6. The number of ether oxygens (including phenoxy) is 3. The highest BCUT2D eigenvalue weighted by Crippen LogP contribution is 2.53. The van der Waals surface area contributed by atoms with Crippen molar-refractivity contribution in [1.29, 1.82) is 0 Å². The predicted molar refractivity (Wildman–Crippen MR) is 220 cm³/mol. The largest absolute Gasteiger partial charge is 0.456 e. The number of nitrogens with one attached hydrogen (secondary N) is 2. The molecule has 23 nitrogen and oxygen atoms in total. The van der Waals surface area contributed by atoms with Gasteiger partial charge in [-0.2, -0.15) is 5.10 Å². The number of nitro benzene ring substituents is 3. The second kappa shape index (κ2) is 18.9. The molecular formula is C40H39N9O14S. The van der Waals surface area contributed by atoms with Crippen LogP contribution in [0.25, 0.3) is 0 Å². The Kier molecular flexibility index (Phi) is 13.1. The van der Waals surface area contributed by atoms with Crippen LogP contribution in [0.3, 0.4) is 0 Å². The van der Waals surface area contributed by atoms with Gasteiger partial charge in [0.25, 0.3) is 17.1 Å². The van der Waals surface area contributed by atoms with Crippen molar-refractivity contribution in [2.24, 2.45) is 11.8 Å². The zero-order valence-corrected chi connectivity index (χ0v) is 34.7. The third kappa shape index (κ3) is 9.61. The minimum absolute atomic E-state index is 0.00576. The fourth-order valence-electron chi connectivity index (χ4n) is 7.66. The second-order valence-electron chi connectivity index (χ2n) is 15.1. The number of benzene rings is 3. The van der Waals surface area contributed by atoms with E-state index >= 15 is 0 Å². The number of rotatable bonds is 16. The number of aromatic amines is 1. The van der Waals surface area contributed by atoms with Crippen molar-refractivity contribution in [1.82, 2.24) is 30.3 Å². The van der Waals surface area contributed by atoms with Gasteiger partial charge in [0.15, 0.2) is 5.82 Å². The predicted octanol–water partition coefficient (Wildman–Crippen LogP) is 4.95. The first-order valence-corrected chi connectivity index (χ1v) is 20.5. The molecule has 7 rings (SSSR count). The normalized spacial score (nSPS) is 20.5. The molecule has 4 aromatic rings. The van der Waals surface area contributed by atoms with E-state index in [-0.39, 0.29) is 73.7 Å². The molecule has 0 radical (unpaired) electrons. The fraction of sp³-hybridized carbons (Fsp3) is 0.350. The fourth-order valence-corrected chi connectivity index (χ4v) is 9.18. The Labute approximate surface area is 366 Å². The maximum Gasteiger partial charge on any atom is 0.410 e. The average Bonchev–Trinajstić information content (AvgIpc) is 3.99. The monoisotopic (exact) mass is 901 g/mol. The van der Waals surface area contributed by atoms with E-state index in [1.807, 2.05) is 6.92 Å². The molecule has 2 saturated heterocycles. The van der Waals surface area contributed by atoms with Crippen LogP contribution in [0.1, 0.15) is 54.6 Å². The van der Waals surface area contributed by atoms with Crippen molar-refractivity contribution in [2.75, 3.05) is 6.54 Å². The number of carbonyl (C=O) groups excluding carboxylic acids is 4. The van der Waals surface area contributed by atoms with Gasteiger partial charge in [-0.1, -0.05) is 6.92 Å². The molecule has 3 aliphatic heterocycles. The summed E-state index contributed by atoms with van der Waals surface area (Å²) in [5.74, 6) is -2.13. The van der Waals surface area contributed by atoms with Gasteiger partial charge in [0.1, 0.15) is 31.3 Å². The lowest BCUT2D eigenvalue weighted by molar-refractivity contribution is -0.385. The molecule has 3 aliphatic rings. The number of fused-ring (bicyclic) bond motifs is 1. The molecule has 0 saturated carbocycles. The number of aromatic nitrogens is 3. The van der Waals surface area contributed by atoms with E-state index in [9.17, 15) is 54.6 Å². The van der Waals surface area contributed by atoms with E-state index in [0.717, 1.165) is 0 Å². The second-order valence-corrected chi connectivity index (χ2v) is 16.4. The van der Waals surface area contributed by atoms with Gasteiger partial charge in [-0.05, 0) is 66.4 Å². The van der Waals surface area contributed by atoms with Crippen molar-refractivity contribution >= 4 is 52.9 Å². The number of aliphatic hydroxyl groups excluding tert-OH is 1. The summed E-state index contributed by atoms with van der Waals surface area (Å²) < 4.78 is 16.5. The first kappa shape index (κ1) is 44.6. The lowest BCUT2D eigenvalue weighted by Crippen LogP contribution is -2.63. The number of alkyl carbamates (subject to hydrolysis) is 1. The minimum atomic E-state index is -1.01. The Balaban J connectivity index is 1.08. The Hall–Kier alpha value is -7.47. The number of nitro groups is 3. The molecule has 4 heterocycles. The number of likely N-dealkylation sites (tertiary alicyclic amines) is 1. The summed E-state index contributed by atoms with van der Waals surface area (Å²) in [4.78, 5) is 92.9. The molecular weight excluding hydrogens is 863 g/mol. The molecule has 3 aromatic carbocycles. The molecule has 334 valence electrons. The van der Waals surface area contributed by atoms with Crippen LogP contribution < -0.4 is 5.32 Å². The molecule has 3 amide bonds. The molecule has 64 heavy (non-hydrogen) atoms. The van der Waals surface area contributed by atoms with Crippen LogP contribution in [0.2, 0.25) is 0 Å². The van der Waals surface area contributed by atoms with Crippen LogP contribution in [-0.2, 0) is 50.2 Å². The molecule has 0 spiro atoms. The van der Waals surface area contributed by atoms with Gasteiger partial charge in [-0.3, -0.25) is 45.1 Å². The summed E-state index contributed by atoms with van der Waals surface area (Å²) in [6.45, 7) is 2.57. The minimum Gasteiger partial charge on any atom is -0.456 e. The lowest BCUT2D eigenvalue weighted by atomic mass is 9.79. The highest BCUT2D eigenvalue weighted by molar-refractivity contribution is 8.03. The number of β-lactam (4-membered cyclic amide) rings is 1. The number of H-pyrrole nitrogens is 1. The van der Waals surface area contributed by atoms with Gasteiger partial charge < -0.3 is 29.5 Å². The number of aliphatic hydroxyl groups is 1. The number of nitrogens with zero attached hydrogens (tertiary/aromatic N) is 7. The smallest absolute Gasteiger partial charge is 0.410 e. The van der Waals surface area contributed by atoms with Crippen LogP contribution in [0.5, 0.6) is 0 Å². The van der Waals surface area contributed by atoms with Crippen molar-refractivity contribution in [3.8, 4) is 0 Å². The molecule has 6 atom stereocenters. The van der Waals surface area contributed by atoms with Gasteiger partial charge in [0.2, 0.25) is 5.91 Å².